The molecule has 2 rings (SSSR count). The molecule has 0 unspecified atom stereocenters. The van der Waals surface area contributed by atoms with Crippen LogP contribution in [0.1, 0.15) is 18.1 Å². The first kappa shape index (κ1) is 24.5. The van der Waals surface area contributed by atoms with Gasteiger partial charge < -0.3 is 10.6 Å². The van der Waals surface area contributed by atoms with Gasteiger partial charge in [-0.15, -0.1) is 35.7 Å². The molecule has 0 aromatic heterocycles. The van der Waals surface area contributed by atoms with E-state index in [1.807, 2.05) is 6.92 Å². The van der Waals surface area contributed by atoms with Crippen molar-refractivity contribution in [2.75, 3.05) is 50.5 Å². The van der Waals surface area contributed by atoms with Crippen LogP contribution in [-0.2, 0) is 16.4 Å². The van der Waals surface area contributed by atoms with Crippen LogP contribution in [0.4, 0.5) is 0 Å². The maximum atomic E-state index is 11.5. The summed E-state index contributed by atoms with van der Waals surface area (Å²) in [6.45, 7) is 8.40. The highest BCUT2D eigenvalue weighted by Gasteiger charge is 2.20. The lowest BCUT2D eigenvalue weighted by Gasteiger charge is -2.26. The Hall–Kier alpha value is -0.520. The van der Waals surface area contributed by atoms with Gasteiger partial charge in [0.1, 0.15) is 0 Å². The Morgan fingerprint density at radius 2 is 1.96 bits per heavy atom. The molecule has 6 nitrogen and oxygen atoms in total. The van der Waals surface area contributed by atoms with Crippen molar-refractivity contribution in [3.8, 4) is 0 Å². The van der Waals surface area contributed by atoms with Gasteiger partial charge in [0.2, 0.25) is 0 Å². The molecule has 1 aliphatic rings. The number of hydrogen-bond acceptors (Lipinski definition) is 5. The zero-order chi connectivity index (χ0) is 19.0. The summed E-state index contributed by atoms with van der Waals surface area (Å²) in [6.07, 6.45) is 2.09. The first-order chi connectivity index (χ1) is 12.4. The van der Waals surface area contributed by atoms with Crippen molar-refractivity contribution in [1.29, 1.82) is 0 Å². The summed E-state index contributed by atoms with van der Waals surface area (Å²) in [5.41, 5.74) is 2.48. The van der Waals surface area contributed by atoms with Gasteiger partial charge >= 0.3 is 0 Å². The molecule has 0 atom stereocenters. The lowest BCUT2D eigenvalue weighted by Crippen LogP contribution is -2.45. The van der Waals surface area contributed by atoms with E-state index in [-0.39, 0.29) is 35.5 Å². The topological polar surface area (TPSA) is 73.8 Å². The number of thioether (sulfide) groups is 1. The minimum atomic E-state index is -2.81. The number of benzene rings is 1. The van der Waals surface area contributed by atoms with E-state index in [4.69, 9.17) is 4.99 Å². The van der Waals surface area contributed by atoms with Crippen LogP contribution in [0, 0.1) is 6.92 Å². The highest BCUT2D eigenvalue weighted by Crippen LogP contribution is 2.22. The van der Waals surface area contributed by atoms with E-state index >= 15 is 0 Å². The number of aliphatic imine (C=N–C) groups is 1. The fourth-order valence-electron chi connectivity index (χ4n) is 2.79. The molecule has 9 heteroatoms. The van der Waals surface area contributed by atoms with E-state index < -0.39 is 9.84 Å². The fourth-order valence-corrected chi connectivity index (χ4v) is 4.77. The van der Waals surface area contributed by atoms with Crippen molar-refractivity contribution in [3.05, 3.63) is 29.3 Å². The molecule has 1 heterocycles. The molecule has 154 valence electrons. The molecule has 1 fully saturated rings. The second-order valence-electron chi connectivity index (χ2n) is 6.43. The number of nitrogens with one attached hydrogen (secondary N) is 2. The maximum Gasteiger partial charge on any atom is 0.191 e. The van der Waals surface area contributed by atoms with Crippen molar-refractivity contribution < 1.29 is 8.42 Å². The lowest BCUT2D eigenvalue weighted by molar-refractivity contribution is 0.299. The van der Waals surface area contributed by atoms with Gasteiger partial charge in [0.25, 0.3) is 0 Å². The standard InChI is InChI=1S/C18H30N4O2S2.HI/c1-4-19-18(20-7-8-22-9-11-26(23,24)12-10-22)21-14-16-6-5-15(2)13-17(16)25-3;/h5-6,13H,4,7-12,14H2,1-3H3,(H2,19,20,21);1H. The molecular formula is C18H31IN4O2S2. The summed E-state index contributed by atoms with van der Waals surface area (Å²) in [4.78, 5) is 8.14. The quantitative estimate of drug-likeness (QED) is 0.246. The number of nitrogens with zero attached hydrogens (tertiary/aromatic N) is 2. The molecule has 27 heavy (non-hydrogen) atoms. The van der Waals surface area contributed by atoms with Crippen molar-refractivity contribution in [2.24, 2.45) is 4.99 Å². The van der Waals surface area contributed by atoms with Crippen LogP contribution >= 0.6 is 35.7 Å². The highest BCUT2D eigenvalue weighted by molar-refractivity contribution is 14.0. The van der Waals surface area contributed by atoms with Crippen LogP contribution in [0.25, 0.3) is 0 Å². The smallest absolute Gasteiger partial charge is 0.191 e. The lowest BCUT2D eigenvalue weighted by atomic mass is 10.1. The van der Waals surface area contributed by atoms with Crippen LogP contribution in [-0.4, -0.2) is 69.8 Å². The Bertz CT molecular complexity index is 712. The molecule has 0 aliphatic carbocycles. The van der Waals surface area contributed by atoms with Crippen molar-refractivity contribution in [2.45, 2.75) is 25.3 Å². The summed E-state index contributed by atoms with van der Waals surface area (Å²) >= 11 is 1.75. The Morgan fingerprint density at radius 3 is 2.59 bits per heavy atom. The Morgan fingerprint density at radius 1 is 1.26 bits per heavy atom. The fraction of sp³-hybridized carbons (Fsp3) is 0.611. The third-order valence-electron chi connectivity index (χ3n) is 4.35. The first-order valence-corrected chi connectivity index (χ1v) is 12.1. The molecule has 0 saturated carbocycles. The monoisotopic (exact) mass is 526 g/mol. The minimum absolute atomic E-state index is 0. The Balaban J connectivity index is 0.00000364. The summed E-state index contributed by atoms with van der Waals surface area (Å²) in [5, 5.41) is 6.62. The highest BCUT2D eigenvalue weighted by atomic mass is 127. The molecule has 1 aromatic carbocycles. The van der Waals surface area contributed by atoms with Crippen LogP contribution in [0.5, 0.6) is 0 Å². The van der Waals surface area contributed by atoms with Gasteiger partial charge in [0.05, 0.1) is 18.1 Å². The zero-order valence-electron chi connectivity index (χ0n) is 16.3. The third kappa shape index (κ3) is 8.57. The Kier molecular flexibility index (Phi) is 11.0. The second kappa shape index (κ2) is 12.1. The van der Waals surface area contributed by atoms with Crippen molar-refractivity contribution in [3.63, 3.8) is 0 Å². The van der Waals surface area contributed by atoms with Gasteiger partial charge in [-0.05, 0) is 37.3 Å². The molecule has 2 N–H and O–H groups in total. The predicted octanol–water partition coefficient (Wildman–Crippen LogP) is 2.12. The number of aryl methyl sites for hydroxylation is 1. The molecule has 1 aliphatic heterocycles. The van der Waals surface area contributed by atoms with Gasteiger partial charge in [0, 0.05) is 37.6 Å². The van der Waals surface area contributed by atoms with Crippen LogP contribution in [0.3, 0.4) is 0 Å². The van der Waals surface area contributed by atoms with E-state index in [9.17, 15) is 8.42 Å². The summed E-state index contributed by atoms with van der Waals surface area (Å²) in [5.74, 6) is 1.34. The SMILES string of the molecule is CCNC(=NCc1ccc(C)cc1SC)NCCN1CCS(=O)(=O)CC1.I. The predicted molar refractivity (Wildman–Crippen MR) is 126 cm³/mol. The normalized spacial score (nSPS) is 17.2. The average molecular weight is 527 g/mol. The molecule has 0 amide bonds. The first-order valence-electron chi connectivity index (χ1n) is 9.02. The molecule has 0 radical (unpaired) electrons. The number of guanidine groups is 1. The number of sulfone groups is 1. The van der Waals surface area contributed by atoms with Crippen molar-refractivity contribution in [1.82, 2.24) is 15.5 Å². The van der Waals surface area contributed by atoms with Gasteiger partial charge in [-0.2, -0.15) is 0 Å². The van der Waals surface area contributed by atoms with E-state index in [1.165, 1.54) is 16.0 Å². The number of halogens is 1. The summed E-state index contributed by atoms with van der Waals surface area (Å²) in [7, 11) is -2.81. The summed E-state index contributed by atoms with van der Waals surface area (Å²) in [6, 6.07) is 6.46. The zero-order valence-corrected chi connectivity index (χ0v) is 20.3. The largest absolute Gasteiger partial charge is 0.357 e. The van der Waals surface area contributed by atoms with Crippen molar-refractivity contribution >= 4 is 51.5 Å². The average Bonchev–Trinajstić information content (AvgIpc) is 2.61. The van der Waals surface area contributed by atoms with Crippen LogP contribution in [0.15, 0.2) is 28.1 Å². The number of rotatable bonds is 7. The maximum absolute atomic E-state index is 11.5. The van der Waals surface area contributed by atoms with Crippen LogP contribution < -0.4 is 10.6 Å². The molecular weight excluding hydrogens is 495 g/mol. The molecule has 1 saturated heterocycles. The van der Waals surface area contributed by atoms with Gasteiger partial charge in [-0.25, -0.2) is 13.4 Å². The molecule has 0 spiro atoms. The summed E-state index contributed by atoms with van der Waals surface area (Å²) < 4.78 is 23.0. The van der Waals surface area contributed by atoms with E-state index in [0.717, 1.165) is 25.6 Å². The third-order valence-corrected chi connectivity index (χ3v) is 6.78. The second-order valence-corrected chi connectivity index (χ2v) is 9.58. The van der Waals surface area contributed by atoms with Gasteiger partial charge in [0.15, 0.2) is 15.8 Å². The van der Waals surface area contributed by atoms with E-state index in [2.05, 4.69) is 46.9 Å². The molecule has 0 bridgehead atoms. The van der Waals surface area contributed by atoms with E-state index in [1.54, 1.807) is 11.8 Å². The molecule has 1 aromatic rings. The van der Waals surface area contributed by atoms with Gasteiger partial charge in [-0.3, -0.25) is 4.90 Å². The Labute approximate surface area is 184 Å². The van der Waals surface area contributed by atoms with Crippen LogP contribution in [0.2, 0.25) is 0 Å². The number of hydrogen-bond donors (Lipinski definition) is 2. The minimum Gasteiger partial charge on any atom is -0.357 e. The van der Waals surface area contributed by atoms with E-state index in [0.29, 0.717) is 19.6 Å². The van der Waals surface area contributed by atoms with Gasteiger partial charge in [-0.1, -0.05) is 12.1 Å².